The number of allylic oxidation sites excluding steroid dienone is 3. The number of pyridine rings is 1. The zero-order chi connectivity index (χ0) is 40.1. The number of ether oxygens (including phenoxy) is 3. The molecular weight excluding hydrogens is 700 g/mol. The Bertz CT molecular complexity index is 1370. The first kappa shape index (κ1) is 45.2. The normalized spacial score (nSPS) is 33.1. The molecule has 0 amide bonds. The number of rotatable bonds is 12. The van der Waals surface area contributed by atoms with Crippen LogP contribution in [0.25, 0.3) is 0 Å². The van der Waals surface area contributed by atoms with Gasteiger partial charge in [0, 0.05) is 43.4 Å². The number of cyclic esters (lactones) is 1. The number of aromatic nitrogens is 1. The third-order valence-electron chi connectivity index (χ3n) is 12.0. The molecule has 2 saturated heterocycles. The molecule has 0 saturated carbocycles. The first-order valence-corrected chi connectivity index (χ1v) is 20.6. The fraction of sp³-hybridized carbons (Fsp3) is 0.744. The number of ketones is 1. The Labute approximate surface area is 329 Å². The van der Waals surface area contributed by atoms with E-state index in [0.717, 1.165) is 43.7 Å². The maximum atomic E-state index is 13.3. The summed E-state index contributed by atoms with van der Waals surface area (Å²) in [5, 5.41) is 32.9. The Morgan fingerprint density at radius 1 is 1.02 bits per heavy atom. The van der Waals surface area contributed by atoms with Crippen molar-refractivity contribution < 1.29 is 39.1 Å². The molecule has 0 aliphatic carbocycles. The molecule has 1 unspecified atom stereocenters. The summed E-state index contributed by atoms with van der Waals surface area (Å²) in [6.07, 6.45) is 11.1. The van der Waals surface area contributed by atoms with Crippen molar-refractivity contribution in [3.63, 3.8) is 0 Å². The summed E-state index contributed by atoms with van der Waals surface area (Å²) in [4.78, 5) is 37.7. The van der Waals surface area contributed by atoms with Crippen molar-refractivity contribution in [3.05, 3.63) is 53.9 Å². The van der Waals surface area contributed by atoms with Gasteiger partial charge in [-0.3, -0.25) is 19.5 Å². The lowest BCUT2D eigenvalue weighted by Crippen LogP contribution is -2.62. The van der Waals surface area contributed by atoms with Crippen LogP contribution in [0.3, 0.4) is 0 Å². The van der Waals surface area contributed by atoms with Crippen LogP contribution in [0.15, 0.2) is 48.3 Å². The van der Waals surface area contributed by atoms with Crippen molar-refractivity contribution in [2.75, 3.05) is 54.0 Å². The lowest BCUT2D eigenvalue weighted by atomic mass is 9.80. The number of likely N-dealkylation sites (tertiary alicyclic amines) is 1. The van der Waals surface area contributed by atoms with Crippen molar-refractivity contribution in [3.8, 4) is 0 Å². The molecule has 3 N–H and O–H groups in total. The maximum Gasteiger partial charge on any atom is 0.308 e. The van der Waals surface area contributed by atoms with Crippen LogP contribution in [0.1, 0.15) is 84.6 Å². The van der Waals surface area contributed by atoms with Gasteiger partial charge in [-0.05, 0) is 116 Å². The molecule has 0 spiro atoms. The number of esters is 1. The van der Waals surface area contributed by atoms with Gasteiger partial charge in [0.15, 0.2) is 12.1 Å². The van der Waals surface area contributed by atoms with Crippen LogP contribution in [0.4, 0.5) is 0 Å². The van der Waals surface area contributed by atoms with Crippen LogP contribution in [0, 0.1) is 23.7 Å². The van der Waals surface area contributed by atoms with E-state index in [4.69, 9.17) is 14.2 Å². The van der Waals surface area contributed by atoms with E-state index >= 15 is 0 Å². The minimum absolute atomic E-state index is 0.0512. The Morgan fingerprint density at radius 3 is 2.45 bits per heavy atom. The number of nitrogens with zero attached hydrogens (tertiary/aromatic N) is 4. The summed E-state index contributed by atoms with van der Waals surface area (Å²) in [6, 6.07) is 3.75. The molecule has 55 heavy (non-hydrogen) atoms. The highest BCUT2D eigenvalue weighted by atomic mass is 16.7. The number of piperidine rings is 1. The Kier molecular flexibility index (Phi) is 18.4. The number of carbonyl (C=O) groups is 2. The molecule has 1 aromatic heterocycles. The number of aliphatic hydroxyl groups is 3. The van der Waals surface area contributed by atoms with Crippen molar-refractivity contribution in [1.82, 2.24) is 19.7 Å². The highest BCUT2D eigenvalue weighted by Gasteiger charge is 2.44. The summed E-state index contributed by atoms with van der Waals surface area (Å²) in [7, 11) is 5.74. The van der Waals surface area contributed by atoms with Gasteiger partial charge in [0.05, 0.1) is 44.0 Å². The quantitative estimate of drug-likeness (QED) is 0.262. The Balaban J connectivity index is 1.46. The molecule has 1 aromatic rings. The second kappa shape index (κ2) is 22.4. The fourth-order valence-corrected chi connectivity index (χ4v) is 8.49. The zero-order valence-electron chi connectivity index (χ0n) is 34.5. The molecule has 0 bridgehead atoms. The van der Waals surface area contributed by atoms with Gasteiger partial charge < -0.3 is 39.3 Å². The lowest BCUT2D eigenvalue weighted by Gasteiger charge is -2.44. The van der Waals surface area contributed by atoms with Crippen LogP contribution in [0.2, 0.25) is 0 Å². The minimum atomic E-state index is -1.05. The molecule has 0 aromatic carbocycles. The molecular formula is C43H70N4O8. The summed E-state index contributed by atoms with van der Waals surface area (Å²) in [6.45, 7) is 11.8. The zero-order valence-corrected chi connectivity index (χ0v) is 34.5. The molecule has 12 nitrogen and oxygen atoms in total. The van der Waals surface area contributed by atoms with Crippen molar-refractivity contribution in [2.24, 2.45) is 23.7 Å². The molecule has 12 heteroatoms. The molecule has 310 valence electrons. The van der Waals surface area contributed by atoms with E-state index in [9.17, 15) is 24.9 Å². The van der Waals surface area contributed by atoms with Crippen LogP contribution >= 0.6 is 0 Å². The van der Waals surface area contributed by atoms with Gasteiger partial charge in [-0.1, -0.05) is 44.1 Å². The van der Waals surface area contributed by atoms with Gasteiger partial charge in [0.2, 0.25) is 0 Å². The third-order valence-corrected chi connectivity index (χ3v) is 12.0. The second-order valence-electron chi connectivity index (χ2n) is 16.8. The van der Waals surface area contributed by atoms with E-state index in [0.29, 0.717) is 19.3 Å². The monoisotopic (exact) mass is 771 g/mol. The first-order valence-electron chi connectivity index (χ1n) is 20.6. The number of hydrogen-bond donors (Lipinski definition) is 3. The minimum Gasteiger partial charge on any atom is -0.465 e. The Morgan fingerprint density at radius 2 is 1.76 bits per heavy atom. The van der Waals surface area contributed by atoms with E-state index in [-0.39, 0.29) is 55.1 Å². The fourth-order valence-electron chi connectivity index (χ4n) is 8.49. The smallest absolute Gasteiger partial charge is 0.308 e. The summed E-state index contributed by atoms with van der Waals surface area (Å²) in [5.74, 6) is -1.05. The maximum absolute atomic E-state index is 13.3. The van der Waals surface area contributed by atoms with Gasteiger partial charge >= 0.3 is 5.97 Å². The highest BCUT2D eigenvalue weighted by molar-refractivity contribution is 5.91. The number of carbonyl (C=O) groups excluding carboxylic acids is 2. The molecule has 2 fully saturated rings. The predicted octanol–water partition coefficient (Wildman–Crippen LogP) is 4.23. The Hall–Kier alpha value is -2.55. The van der Waals surface area contributed by atoms with Crippen molar-refractivity contribution in [1.29, 1.82) is 0 Å². The predicted molar refractivity (Wildman–Crippen MR) is 213 cm³/mol. The van der Waals surface area contributed by atoms with E-state index in [1.807, 2.05) is 39.1 Å². The highest BCUT2D eigenvalue weighted by Crippen LogP contribution is 2.31. The van der Waals surface area contributed by atoms with Crippen LogP contribution < -0.4 is 0 Å². The van der Waals surface area contributed by atoms with Gasteiger partial charge in [-0.2, -0.15) is 0 Å². The number of likely N-dealkylation sites (N-methyl/N-ethyl adjacent to an activating group) is 2. The standard InChI is InChI=1S/C43H70N4O8/c1-29-13-16-37(48)30(2)14-15-35(17-21-53-43-42(52)40(45(5)6)41(51)32(4)55-43)31(3)38(49)24-39(50)54-28-34(22-29)23-36(47-19-9-8-10-20-47)27-46(7)26-33-12-11-18-44-25-33/h11-13,16,18,22,25,30-32,34-36,38,40-43,49,51-52H,8-10,14-15,17,19-21,23-24,26-28H2,1-7H3/t30-,31+,32-,34+,35+,36?,38-,40+,41-,42-,43-/m1/s1. The van der Waals surface area contributed by atoms with Gasteiger partial charge in [-0.15, -0.1) is 0 Å². The van der Waals surface area contributed by atoms with Gasteiger partial charge in [-0.25, -0.2) is 0 Å². The summed E-state index contributed by atoms with van der Waals surface area (Å²) in [5.41, 5.74) is 2.11. The molecule has 4 rings (SSSR count). The number of hydrogen-bond acceptors (Lipinski definition) is 12. The summed E-state index contributed by atoms with van der Waals surface area (Å²) < 4.78 is 17.8. The second-order valence-corrected chi connectivity index (χ2v) is 16.8. The average molecular weight is 771 g/mol. The van der Waals surface area contributed by atoms with Crippen LogP contribution in [-0.4, -0.2) is 144 Å². The van der Waals surface area contributed by atoms with Crippen LogP contribution in [0.5, 0.6) is 0 Å². The SMILES string of the molecule is CC1=C[C@@H](CC(CN(C)Cc2cccnc2)N2CCCCC2)COC(=O)C[C@@H](O)[C@@H](C)[C@H](CCO[C@@H]2O[C@H](C)[C@@H](O)[C@H](N(C)C)[C@H]2O)CC[C@@H](C)C(=O)C=C1. The van der Waals surface area contributed by atoms with Gasteiger partial charge in [0.1, 0.15) is 6.10 Å². The van der Waals surface area contributed by atoms with Crippen molar-refractivity contribution in [2.45, 2.75) is 128 Å². The van der Waals surface area contributed by atoms with E-state index < -0.39 is 42.7 Å². The lowest BCUT2D eigenvalue weighted by molar-refractivity contribution is -0.281. The molecule has 0 radical (unpaired) electrons. The third kappa shape index (κ3) is 14.1. The topological polar surface area (TPSA) is 145 Å². The van der Waals surface area contributed by atoms with Crippen LogP contribution in [-0.2, 0) is 30.3 Å². The molecule has 3 aliphatic heterocycles. The number of aliphatic hydroxyl groups excluding tert-OH is 3. The largest absolute Gasteiger partial charge is 0.465 e. The molecule has 11 atom stereocenters. The van der Waals surface area contributed by atoms with Gasteiger partial charge in [0.25, 0.3) is 0 Å². The first-order chi connectivity index (χ1) is 26.2. The summed E-state index contributed by atoms with van der Waals surface area (Å²) >= 11 is 0. The van der Waals surface area contributed by atoms with E-state index in [1.165, 1.54) is 19.3 Å². The average Bonchev–Trinajstić information content (AvgIpc) is 3.15. The van der Waals surface area contributed by atoms with E-state index in [1.54, 1.807) is 38.2 Å². The molecule has 4 heterocycles. The molecule has 3 aliphatic rings. The van der Waals surface area contributed by atoms with Crippen molar-refractivity contribution >= 4 is 11.8 Å². The van der Waals surface area contributed by atoms with E-state index in [2.05, 4.69) is 34.0 Å².